The van der Waals surface area contributed by atoms with Crippen molar-refractivity contribution in [2.75, 3.05) is 6.61 Å². The zero-order valence-electron chi connectivity index (χ0n) is 10.1. The van der Waals surface area contributed by atoms with Gasteiger partial charge in [-0.25, -0.2) is 0 Å². The third kappa shape index (κ3) is 4.96. The van der Waals surface area contributed by atoms with Crippen LogP contribution in [0.2, 0.25) is 0 Å². The second-order valence-corrected chi connectivity index (χ2v) is 4.63. The normalized spacial score (nSPS) is 34.0. The molecule has 1 N–H and O–H groups in total. The summed E-state index contributed by atoms with van der Waals surface area (Å²) in [5.41, 5.74) is 0. The predicted octanol–water partition coefficient (Wildman–Crippen LogP) is 2.12. The van der Waals surface area contributed by atoms with Gasteiger partial charge in [-0.05, 0) is 33.1 Å². The van der Waals surface area contributed by atoms with Crippen molar-refractivity contribution in [1.29, 1.82) is 0 Å². The van der Waals surface area contributed by atoms with E-state index in [1.807, 2.05) is 0 Å². The van der Waals surface area contributed by atoms with E-state index in [1.165, 1.54) is 0 Å². The van der Waals surface area contributed by atoms with Gasteiger partial charge in [-0.2, -0.15) is 0 Å². The summed E-state index contributed by atoms with van der Waals surface area (Å²) in [5, 5.41) is 9.56. The van der Waals surface area contributed by atoms with E-state index in [1.54, 1.807) is 0 Å². The van der Waals surface area contributed by atoms with Crippen LogP contribution in [0.15, 0.2) is 0 Å². The van der Waals surface area contributed by atoms with E-state index < -0.39 is 0 Å². The number of hydrogen-bond acceptors (Lipinski definition) is 3. The Morgan fingerprint density at radius 1 is 1.33 bits per heavy atom. The molecule has 0 aliphatic carbocycles. The Balaban J connectivity index is 2.20. The molecule has 0 aromatic carbocycles. The molecule has 1 aliphatic heterocycles. The lowest BCUT2D eigenvalue weighted by Crippen LogP contribution is -2.35. The van der Waals surface area contributed by atoms with Crippen LogP contribution in [0.5, 0.6) is 0 Å². The summed E-state index contributed by atoms with van der Waals surface area (Å²) in [6, 6.07) is 0. The molecular weight excluding hydrogens is 192 g/mol. The first-order chi connectivity index (χ1) is 7.11. The molecule has 90 valence electrons. The SMILES string of the molecule is CCCC(O)COC1CC(C)OC(C)C1. The smallest absolute Gasteiger partial charge is 0.0773 e. The highest BCUT2D eigenvalue weighted by molar-refractivity contribution is 4.74. The molecule has 1 rings (SSSR count). The molecular formula is C12H24O3. The van der Waals surface area contributed by atoms with Crippen LogP contribution in [0.3, 0.4) is 0 Å². The summed E-state index contributed by atoms with van der Waals surface area (Å²) in [5.74, 6) is 0. The van der Waals surface area contributed by atoms with Crippen molar-refractivity contribution in [3.8, 4) is 0 Å². The van der Waals surface area contributed by atoms with Crippen LogP contribution in [-0.2, 0) is 9.47 Å². The molecule has 1 fully saturated rings. The molecule has 0 bridgehead atoms. The van der Waals surface area contributed by atoms with Crippen LogP contribution < -0.4 is 0 Å². The first kappa shape index (κ1) is 12.9. The van der Waals surface area contributed by atoms with Gasteiger partial charge < -0.3 is 14.6 Å². The Hall–Kier alpha value is -0.120. The van der Waals surface area contributed by atoms with Crippen LogP contribution in [0.25, 0.3) is 0 Å². The van der Waals surface area contributed by atoms with Gasteiger partial charge in [0.1, 0.15) is 0 Å². The van der Waals surface area contributed by atoms with Crippen LogP contribution >= 0.6 is 0 Å². The summed E-state index contributed by atoms with van der Waals surface area (Å²) < 4.78 is 11.3. The Bertz CT molecular complexity index is 162. The highest BCUT2D eigenvalue weighted by atomic mass is 16.5. The Labute approximate surface area is 92.8 Å². The molecule has 1 aliphatic rings. The van der Waals surface area contributed by atoms with Crippen molar-refractivity contribution in [3.05, 3.63) is 0 Å². The third-order valence-corrected chi connectivity index (χ3v) is 2.80. The molecule has 1 saturated heterocycles. The van der Waals surface area contributed by atoms with E-state index in [0.717, 1.165) is 25.7 Å². The summed E-state index contributed by atoms with van der Waals surface area (Å²) in [6.45, 7) is 6.70. The maximum atomic E-state index is 9.56. The molecule has 3 unspecified atom stereocenters. The van der Waals surface area contributed by atoms with E-state index in [0.29, 0.717) is 6.61 Å². The van der Waals surface area contributed by atoms with Gasteiger partial charge in [0.05, 0.1) is 31.0 Å². The zero-order chi connectivity index (χ0) is 11.3. The average molecular weight is 216 g/mol. The van der Waals surface area contributed by atoms with Crippen LogP contribution in [-0.4, -0.2) is 36.1 Å². The average Bonchev–Trinajstić information content (AvgIpc) is 2.14. The van der Waals surface area contributed by atoms with Gasteiger partial charge >= 0.3 is 0 Å². The molecule has 3 atom stereocenters. The minimum atomic E-state index is -0.302. The summed E-state index contributed by atoms with van der Waals surface area (Å²) in [4.78, 5) is 0. The van der Waals surface area contributed by atoms with Gasteiger partial charge in [-0.15, -0.1) is 0 Å². The molecule has 15 heavy (non-hydrogen) atoms. The molecule has 3 heteroatoms. The van der Waals surface area contributed by atoms with Crippen LogP contribution in [0, 0.1) is 0 Å². The van der Waals surface area contributed by atoms with Crippen molar-refractivity contribution in [2.45, 2.75) is 70.9 Å². The Morgan fingerprint density at radius 2 is 1.93 bits per heavy atom. The van der Waals surface area contributed by atoms with Gasteiger partial charge in [0, 0.05) is 0 Å². The van der Waals surface area contributed by atoms with E-state index >= 15 is 0 Å². The second-order valence-electron chi connectivity index (χ2n) is 4.63. The highest BCUT2D eigenvalue weighted by Gasteiger charge is 2.25. The fourth-order valence-electron chi connectivity index (χ4n) is 2.14. The van der Waals surface area contributed by atoms with Crippen molar-refractivity contribution < 1.29 is 14.6 Å². The van der Waals surface area contributed by atoms with Gasteiger partial charge in [0.15, 0.2) is 0 Å². The Morgan fingerprint density at radius 3 is 2.47 bits per heavy atom. The van der Waals surface area contributed by atoms with Crippen LogP contribution in [0.4, 0.5) is 0 Å². The standard InChI is InChI=1S/C12H24O3/c1-4-5-11(13)8-14-12-6-9(2)15-10(3)7-12/h9-13H,4-8H2,1-3H3. The van der Waals surface area contributed by atoms with Gasteiger partial charge in [0.25, 0.3) is 0 Å². The van der Waals surface area contributed by atoms with E-state index in [9.17, 15) is 5.11 Å². The quantitative estimate of drug-likeness (QED) is 0.765. The fourth-order valence-corrected chi connectivity index (χ4v) is 2.14. The number of hydrogen-bond donors (Lipinski definition) is 1. The highest BCUT2D eigenvalue weighted by Crippen LogP contribution is 2.21. The van der Waals surface area contributed by atoms with Crippen molar-refractivity contribution in [3.63, 3.8) is 0 Å². The third-order valence-electron chi connectivity index (χ3n) is 2.80. The predicted molar refractivity (Wildman–Crippen MR) is 59.9 cm³/mol. The second kappa shape index (κ2) is 6.46. The molecule has 0 amide bonds. The number of rotatable bonds is 5. The van der Waals surface area contributed by atoms with E-state index in [4.69, 9.17) is 9.47 Å². The zero-order valence-corrected chi connectivity index (χ0v) is 10.1. The monoisotopic (exact) mass is 216 g/mol. The van der Waals surface area contributed by atoms with E-state index in [2.05, 4.69) is 20.8 Å². The van der Waals surface area contributed by atoms with Crippen molar-refractivity contribution in [2.24, 2.45) is 0 Å². The first-order valence-corrected chi connectivity index (χ1v) is 6.07. The Kier molecular flexibility index (Phi) is 5.58. The van der Waals surface area contributed by atoms with Crippen molar-refractivity contribution in [1.82, 2.24) is 0 Å². The molecule has 0 spiro atoms. The summed E-state index contributed by atoms with van der Waals surface area (Å²) in [7, 11) is 0. The molecule has 0 aromatic heterocycles. The lowest BCUT2D eigenvalue weighted by Gasteiger charge is -2.32. The minimum absolute atomic E-state index is 0.259. The van der Waals surface area contributed by atoms with Crippen LogP contribution in [0.1, 0.15) is 46.5 Å². The molecule has 0 aromatic rings. The maximum Gasteiger partial charge on any atom is 0.0773 e. The topological polar surface area (TPSA) is 38.7 Å². The number of aliphatic hydroxyl groups excluding tert-OH is 1. The summed E-state index contributed by atoms with van der Waals surface area (Å²) in [6.07, 6.45) is 4.24. The lowest BCUT2D eigenvalue weighted by atomic mass is 10.0. The molecule has 3 nitrogen and oxygen atoms in total. The maximum absolute atomic E-state index is 9.56. The van der Waals surface area contributed by atoms with Gasteiger partial charge in [-0.3, -0.25) is 0 Å². The lowest BCUT2D eigenvalue weighted by molar-refractivity contribution is -0.114. The minimum Gasteiger partial charge on any atom is -0.391 e. The number of aliphatic hydroxyl groups is 1. The molecule has 0 saturated carbocycles. The largest absolute Gasteiger partial charge is 0.391 e. The van der Waals surface area contributed by atoms with E-state index in [-0.39, 0.29) is 24.4 Å². The fraction of sp³-hybridized carbons (Fsp3) is 1.00. The first-order valence-electron chi connectivity index (χ1n) is 6.07. The molecule has 0 radical (unpaired) electrons. The summed E-state index contributed by atoms with van der Waals surface area (Å²) >= 11 is 0. The molecule has 1 heterocycles. The van der Waals surface area contributed by atoms with Crippen molar-refractivity contribution >= 4 is 0 Å². The number of ether oxygens (including phenoxy) is 2. The van der Waals surface area contributed by atoms with Gasteiger partial charge in [-0.1, -0.05) is 13.3 Å². The van der Waals surface area contributed by atoms with Gasteiger partial charge in [0.2, 0.25) is 0 Å².